The molecule has 0 saturated heterocycles. The molecular weight excluding hydrogens is 196 g/mol. The van der Waals surface area contributed by atoms with Gasteiger partial charge in [-0.3, -0.25) is 4.79 Å². The Morgan fingerprint density at radius 2 is 2.00 bits per heavy atom. The Morgan fingerprint density at radius 1 is 1.25 bits per heavy atom. The first-order valence-corrected chi connectivity index (χ1v) is 6.21. The predicted octanol–water partition coefficient (Wildman–Crippen LogP) is 3.92. The minimum atomic E-state index is 0.264. The van der Waals surface area contributed by atoms with E-state index in [4.69, 9.17) is 0 Å². The van der Waals surface area contributed by atoms with E-state index in [-0.39, 0.29) is 5.92 Å². The third-order valence-corrected chi connectivity index (χ3v) is 3.86. The van der Waals surface area contributed by atoms with E-state index in [1.165, 1.54) is 18.4 Å². The zero-order valence-corrected chi connectivity index (χ0v) is 10.4. The maximum Gasteiger partial charge on any atom is 0.166 e. The van der Waals surface area contributed by atoms with Gasteiger partial charge in [0, 0.05) is 11.5 Å². The van der Waals surface area contributed by atoms with Crippen molar-refractivity contribution >= 4 is 5.78 Å². The van der Waals surface area contributed by atoms with Crippen LogP contribution in [0.2, 0.25) is 0 Å². The van der Waals surface area contributed by atoms with Crippen molar-refractivity contribution in [3.05, 3.63) is 34.9 Å². The van der Waals surface area contributed by atoms with E-state index >= 15 is 0 Å². The van der Waals surface area contributed by atoms with Crippen molar-refractivity contribution in [3.63, 3.8) is 0 Å². The monoisotopic (exact) mass is 216 g/mol. The standard InChI is InChI=1S/C15H20O/c1-10-7-8-12(3)14(9-10)15(16)13-6-4-5-11(13)2/h7-9,11,13H,4-6H2,1-3H3. The molecular formula is C15H20O. The Labute approximate surface area is 97.9 Å². The van der Waals surface area contributed by atoms with Gasteiger partial charge >= 0.3 is 0 Å². The second-order valence-corrected chi connectivity index (χ2v) is 5.20. The molecule has 1 nitrogen and oxygen atoms in total. The van der Waals surface area contributed by atoms with E-state index < -0.39 is 0 Å². The SMILES string of the molecule is Cc1ccc(C)c(C(=O)C2CCCC2C)c1. The summed E-state index contributed by atoms with van der Waals surface area (Å²) in [6.07, 6.45) is 3.50. The quantitative estimate of drug-likeness (QED) is 0.685. The van der Waals surface area contributed by atoms with Gasteiger partial charge in [-0.05, 0) is 44.2 Å². The number of carbonyl (C=O) groups excluding carboxylic acids is 1. The van der Waals surface area contributed by atoms with Crippen LogP contribution in [0.4, 0.5) is 0 Å². The van der Waals surface area contributed by atoms with Crippen LogP contribution in [0.5, 0.6) is 0 Å². The summed E-state index contributed by atoms with van der Waals surface area (Å²) in [5, 5.41) is 0. The Balaban J connectivity index is 2.29. The zero-order valence-electron chi connectivity index (χ0n) is 10.4. The van der Waals surface area contributed by atoms with Crippen LogP contribution < -0.4 is 0 Å². The molecule has 2 rings (SSSR count). The molecule has 1 fully saturated rings. The molecule has 0 bridgehead atoms. The number of aryl methyl sites for hydroxylation is 2. The number of rotatable bonds is 2. The van der Waals surface area contributed by atoms with Crippen LogP contribution in [0.1, 0.15) is 47.7 Å². The molecule has 1 aliphatic rings. The molecule has 1 aliphatic carbocycles. The normalized spacial score (nSPS) is 24.7. The van der Waals surface area contributed by atoms with Crippen LogP contribution in [-0.4, -0.2) is 5.78 Å². The second-order valence-electron chi connectivity index (χ2n) is 5.20. The molecule has 1 aromatic rings. The third kappa shape index (κ3) is 2.04. The molecule has 0 spiro atoms. The van der Waals surface area contributed by atoms with Gasteiger partial charge in [-0.2, -0.15) is 0 Å². The fraction of sp³-hybridized carbons (Fsp3) is 0.533. The molecule has 1 saturated carbocycles. The fourth-order valence-electron chi connectivity index (χ4n) is 2.74. The summed E-state index contributed by atoms with van der Waals surface area (Å²) in [5.74, 6) is 1.19. The summed E-state index contributed by atoms with van der Waals surface area (Å²) < 4.78 is 0. The van der Waals surface area contributed by atoms with Gasteiger partial charge in [0.15, 0.2) is 5.78 Å². The Morgan fingerprint density at radius 3 is 2.62 bits per heavy atom. The summed E-state index contributed by atoms with van der Waals surface area (Å²) in [6.45, 7) is 6.29. The number of hydrogen-bond donors (Lipinski definition) is 0. The first kappa shape index (κ1) is 11.4. The molecule has 16 heavy (non-hydrogen) atoms. The van der Waals surface area contributed by atoms with E-state index in [0.717, 1.165) is 17.5 Å². The summed E-state index contributed by atoms with van der Waals surface area (Å²) in [5.41, 5.74) is 3.24. The second kappa shape index (κ2) is 4.40. The van der Waals surface area contributed by atoms with E-state index in [1.54, 1.807) is 0 Å². The number of carbonyl (C=O) groups is 1. The third-order valence-electron chi connectivity index (χ3n) is 3.86. The lowest BCUT2D eigenvalue weighted by atomic mass is 9.87. The highest BCUT2D eigenvalue weighted by molar-refractivity contribution is 5.99. The summed E-state index contributed by atoms with van der Waals surface area (Å²) in [6, 6.07) is 6.18. The van der Waals surface area contributed by atoms with Crippen LogP contribution in [0, 0.1) is 25.7 Å². The van der Waals surface area contributed by atoms with Crippen molar-refractivity contribution in [1.82, 2.24) is 0 Å². The van der Waals surface area contributed by atoms with Crippen molar-refractivity contribution < 1.29 is 4.79 Å². The van der Waals surface area contributed by atoms with E-state index in [1.807, 2.05) is 19.9 Å². The number of Topliss-reactive ketones (excluding diaryl/α,β-unsaturated/α-hetero) is 1. The zero-order chi connectivity index (χ0) is 11.7. The number of ketones is 1. The van der Waals surface area contributed by atoms with Crippen molar-refractivity contribution in [3.8, 4) is 0 Å². The molecule has 2 atom stereocenters. The molecule has 86 valence electrons. The van der Waals surface area contributed by atoms with Gasteiger partial charge in [0.1, 0.15) is 0 Å². The van der Waals surface area contributed by atoms with Gasteiger partial charge in [-0.15, -0.1) is 0 Å². The molecule has 1 heteroatoms. The van der Waals surface area contributed by atoms with Gasteiger partial charge in [0.05, 0.1) is 0 Å². The van der Waals surface area contributed by atoms with E-state index in [9.17, 15) is 4.79 Å². The van der Waals surface area contributed by atoms with Crippen LogP contribution in [0.15, 0.2) is 18.2 Å². The van der Waals surface area contributed by atoms with E-state index in [0.29, 0.717) is 11.7 Å². The lowest BCUT2D eigenvalue weighted by Crippen LogP contribution is -2.18. The molecule has 0 N–H and O–H groups in total. The topological polar surface area (TPSA) is 17.1 Å². The molecule has 1 aromatic carbocycles. The smallest absolute Gasteiger partial charge is 0.166 e. The highest BCUT2D eigenvalue weighted by atomic mass is 16.1. The predicted molar refractivity (Wildman–Crippen MR) is 66.8 cm³/mol. The molecule has 0 radical (unpaired) electrons. The van der Waals surface area contributed by atoms with Gasteiger partial charge in [-0.1, -0.05) is 31.0 Å². The fourth-order valence-corrected chi connectivity index (χ4v) is 2.74. The Kier molecular flexibility index (Phi) is 3.13. The molecule has 2 unspecified atom stereocenters. The van der Waals surface area contributed by atoms with Crippen LogP contribution in [0.25, 0.3) is 0 Å². The molecule has 0 amide bonds. The molecule has 0 aliphatic heterocycles. The van der Waals surface area contributed by atoms with Crippen LogP contribution in [-0.2, 0) is 0 Å². The minimum absolute atomic E-state index is 0.264. The maximum atomic E-state index is 12.4. The minimum Gasteiger partial charge on any atom is -0.294 e. The average Bonchev–Trinajstić information content (AvgIpc) is 2.67. The van der Waals surface area contributed by atoms with Gasteiger partial charge in [-0.25, -0.2) is 0 Å². The molecule has 0 aromatic heterocycles. The molecule has 0 heterocycles. The van der Waals surface area contributed by atoms with Gasteiger partial charge < -0.3 is 0 Å². The largest absolute Gasteiger partial charge is 0.294 e. The van der Waals surface area contributed by atoms with Crippen molar-refractivity contribution in [2.75, 3.05) is 0 Å². The average molecular weight is 216 g/mol. The van der Waals surface area contributed by atoms with Gasteiger partial charge in [0.25, 0.3) is 0 Å². The Bertz CT molecular complexity index is 406. The lowest BCUT2D eigenvalue weighted by molar-refractivity contribution is 0.0896. The first-order valence-electron chi connectivity index (χ1n) is 6.21. The van der Waals surface area contributed by atoms with Crippen LogP contribution in [0.3, 0.4) is 0 Å². The van der Waals surface area contributed by atoms with Gasteiger partial charge in [0.2, 0.25) is 0 Å². The number of hydrogen-bond acceptors (Lipinski definition) is 1. The summed E-state index contributed by atoms with van der Waals surface area (Å²) in [4.78, 5) is 12.4. The van der Waals surface area contributed by atoms with E-state index in [2.05, 4.69) is 19.1 Å². The Hall–Kier alpha value is -1.11. The first-order chi connectivity index (χ1) is 7.59. The number of benzene rings is 1. The van der Waals surface area contributed by atoms with Crippen molar-refractivity contribution in [1.29, 1.82) is 0 Å². The highest BCUT2D eigenvalue weighted by Gasteiger charge is 2.30. The maximum absolute atomic E-state index is 12.4. The summed E-state index contributed by atoms with van der Waals surface area (Å²) in [7, 11) is 0. The summed E-state index contributed by atoms with van der Waals surface area (Å²) >= 11 is 0. The highest BCUT2D eigenvalue weighted by Crippen LogP contribution is 2.34. The lowest BCUT2D eigenvalue weighted by Gasteiger charge is -2.15. The van der Waals surface area contributed by atoms with Crippen molar-refractivity contribution in [2.45, 2.75) is 40.0 Å². The van der Waals surface area contributed by atoms with Crippen molar-refractivity contribution in [2.24, 2.45) is 11.8 Å². The van der Waals surface area contributed by atoms with Crippen LogP contribution >= 0.6 is 0 Å².